The molecular weight excluding hydrogens is 228 g/mol. The monoisotopic (exact) mass is 254 g/mol. The molecule has 4 nitrogen and oxygen atoms in total. The minimum atomic E-state index is -0.310. The van der Waals surface area contributed by atoms with Crippen LogP contribution in [0.2, 0.25) is 0 Å². The Bertz CT molecular complexity index is 279. The van der Waals surface area contributed by atoms with E-state index in [-0.39, 0.29) is 17.9 Å². The maximum Gasteiger partial charge on any atom is 0.245 e. The van der Waals surface area contributed by atoms with Crippen molar-refractivity contribution in [2.75, 3.05) is 13.1 Å². The lowest BCUT2D eigenvalue weighted by atomic mass is 10.1. The Labute approximate surface area is 110 Å². The second kappa shape index (κ2) is 8.11. The van der Waals surface area contributed by atoms with Gasteiger partial charge in [-0.05, 0) is 12.8 Å². The number of amides is 2. The van der Waals surface area contributed by atoms with E-state index in [9.17, 15) is 9.59 Å². The fourth-order valence-electron chi connectivity index (χ4n) is 2.30. The summed E-state index contributed by atoms with van der Waals surface area (Å²) in [6, 6.07) is -0.310. The van der Waals surface area contributed by atoms with Gasteiger partial charge in [-0.25, -0.2) is 0 Å². The molecule has 1 saturated heterocycles. The summed E-state index contributed by atoms with van der Waals surface area (Å²) in [6.07, 6.45) is 7.09. The van der Waals surface area contributed by atoms with Crippen LogP contribution in [0, 0.1) is 0 Å². The molecule has 0 bridgehead atoms. The smallest absolute Gasteiger partial charge is 0.245 e. The second-order valence-electron chi connectivity index (χ2n) is 5.02. The molecular formula is C14H26N2O2. The molecule has 0 aliphatic carbocycles. The van der Waals surface area contributed by atoms with Crippen LogP contribution >= 0.6 is 0 Å². The lowest BCUT2D eigenvalue weighted by molar-refractivity contribution is -0.133. The van der Waals surface area contributed by atoms with Crippen LogP contribution in [0.15, 0.2) is 0 Å². The van der Waals surface area contributed by atoms with Gasteiger partial charge in [-0.15, -0.1) is 0 Å². The third-order valence-corrected chi connectivity index (χ3v) is 3.49. The SMILES string of the molecule is CCCCCCCN1CCC(=O)NC(CC)C1=O. The first-order valence-electron chi connectivity index (χ1n) is 7.27. The molecule has 1 rings (SSSR count). The number of hydrogen-bond donors (Lipinski definition) is 1. The average molecular weight is 254 g/mol. The van der Waals surface area contributed by atoms with E-state index < -0.39 is 0 Å². The van der Waals surface area contributed by atoms with Gasteiger partial charge in [0.2, 0.25) is 11.8 Å². The van der Waals surface area contributed by atoms with Gasteiger partial charge in [0.1, 0.15) is 6.04 Å². The van der Waals surface area contributed by atoms with Crippen LogP contribution in [0.1, 0.15) is 58.8 Å². The van der Waals surface area contributed by atoms with Gasteiger partial charge in [0.15, 0.2) is 0 Å². The predicted molar refractivity (Wildman–Crippen MR) is 72.2 cm³/mol. The van der Waals surface area contributed by atoms with Crippen LogP contribution < -0.4 is 5.32 Å². The van der Waals surface area contributed by atoms with Gasteiger partial charge < -0.3 is 10.2 Å². The first-order chi connectivity index (χ1) is 8.69. The van der Waals surface area contributed by atoms with Gasteiger partial charge in [-0.3, -0.25) is 9.59 Å². The van der Waals surface area contributed by atoms with Crippen LogP contribution in [0.4, 0.5) is 0 Å². The minimum absolute atomic E-state index is 0.00341. The standard InChI is InChI=1S/C14H26N2O2/c1-3-5-6-7-8-10-16-11-9-13(17)15-12(4-2)14(16)18/h12H,3-11H2,1-2H3,(H,15,17). The molecule has 0 aromatic carbocycles. The third-order valence-electron chi connectivity index (χ3n) is 3.49. The van der Waals surface area contributed by atoms with E-state index in [1.165, 1.54) is 25.7 Å². The van der Waals surface area contributed by atoms with Crippen LogP contribution in [0.5, 0.6) is 0 Å². The van der Waals surface area contributed by atoms with E-state index >= 15 is 0 Å². The van der Waals surface area contributed by atoms with E-state index in [2.05, 4.69) is 12.2 Å². The van der Waals surface area contributed by atoms with E-state index in [0.717, 1.165) is 13.0 Å². The predicted octanol–water partition coefficient (Wildman–Crippen LogP) is 2.08. The summed E-state index contributed by atoms with van der Waals surface area (Å²) in [5, 5.41) is 2.79. The fourth-order valence-corrected chi connectivity index (χ4v) is 2.30. The van der Waals surface area contributed by atoms with Gasteiger partial charge >= 0.3 is 0 Å². The zero-order valence-corrected chi connectivity index (χ0v) is 11.7. The van der Waals surface area contributed by atoms with Crippen molar-refractivity contribution in [2.24, 2.45) is 0 Å². The van der Waals surface area contributed by atoms with Crippen molar-refractivity contribution in [1.82, 2.24) is 10.2 Å². The van der Waals surface area contributed by atoms with E-state index in [4.69, 9.17) is 0 Å². The van der Waals surface area contributed by atoms with Crippen LogP contribution in [0.3, 0.4) is 0 Å². The van der Waals surface area contributed by atoms with Crippen molar-refractivity contribution in [3.05, 3.63) is 0 Å². The molecule has 0 saturated carbocycles. The molecule has 0 spiro atoms. The molecule has 1 fully saturated rings. The molecule has 0 radical (unpaired) electrons. The third kappa shape index (κ3) is 4.67. The van der Waals surface area contributed by atoms with Gasteiger partial charge in [0.25, 0.3) is 0 Å². The summed E-state index contributed by atoms with van der Waals surface area (Å²) < 4.78 is 0. The molecule has 1 atom stereocenters. The maximum absolute atomic E-state index is 12.2. The molecule has 0 aromatic rings. The Balaban J connectivity index is 2.38. The molecule has 18 heavy (non-hydrogen) atoms. The van der Waals surface area contributed by atoms with Crippen LogP contribution in [0.25, 0.3) is 0 Å². The molecule has 1 N–H and O–H groups in total. The summed E-state index contributed by atoms with van der Waals surface area (Å²) in [6.45, 7) is 5.51. The number of carbonyl (C=O) groups excluding carboxylic acids is 2. The first kappa shape index (κ1) is 15.0. The molecule has 0 aromatic heterocycles. The maximum atomic E-state index is 12.2. The zero-order chi connectivity index (χ0) is 13.4. The normalized spacial score (nSPS) is 20.8. The highest BCUT2D eigenvalue weighted by molar-refractivity contribution is 5.89. The van der Waals surface area contributed by atoms with Crippen molar-refractivity contribution in [3.63, 3.8) is 0 Å². The summed E-state index contributed by atoms with van der Waals surface area (Å²) in [5.74, 6) is 0.0996. The van der Waals surface area contributed by atoms with Crippen molar-refractivity contribution in [2.45, 2.75) is 64.8 Å². The number of nitrogens with zero attached hydrogens (tertiary/aromatic N) is 1. The Morgan fingerprint density at radius 2 is 1.89 bits per heavy atom. The number of unbranched alkanes of at least 4 members (excludes halogenated alkanes) is 4. The molecule has 104 valence electrons. The zero-order valence-electron chi connectivity index (χ0n) is 11.7. The topological polar surface area (TPSA) is 49.4 Å². The molecule has 1 aliphatic heterocycles. The van der Waals surface area contributed by atoms with Crippen molar-refractivity contribution in [1.29, 1.82) is 0 Å². The molecule has 1 aliphatic rings. The molecule has 2 amide bonds. The van der Waals surface area contributed by atoms with Gasteiger partial charge in [-0.1, -0.05) is 39.5 Å². The van der Waals surface area contributed by atoms with Gasteiger partial charge in [0, 0.05) is 19.5 Å². The van der Waals surface area contributed by atoms with Crippen molar-refractivity contribution >= 4 is 11.8 Å². The van der Waals surface area contributed by atoms with Crippen molar-refractivity contribution < 1.29 is 9.59 Å². The highest BCUT2D eigenvalue weighted by atomic mass is 16.2. The fraction of sp³-hybridized carbons (Fsp3) is 0.857. The Hall–Kier alpha value is -1.06. The number of rotatable bonds is 7. The Morgan fingerprint density at radius 1 is 1.17 bits per heavy atom. The summed E-state index contributed by atoms with van der Waals surface area (Å²) in [7, 11) is 0. The Kier molecular flexibility index (Phi) is 6.76. The van der Waals surface area contributed by atoms with E-state index in [1.807, 2.05) is 11.8 Å². The van der Waals surface area contributed by atoms with E-state index in [1.54, 1.807) is 0 Å². The average Bonchev–Trinajstić information content (AvgIpc) is 2.50. The molecule has 1 heterocycles. The quantitative estimate of drug-likeness (QED) is 0.707. The number of hydrogen-bond acceptors (Lipinski definition) is 2. The van der Waals surface area contributed by atoms with Crippen LogP contribution in [-0.2, 0) is 9.59 Å². The summed E-state index contributed by atoms with van der Waals surface area (Å²) in [4.78, 5) is 25.5. The summed E-state index contributed by atoms with van der Waals surface area (Å²) >= 11 is 0. The van der Waals surface area contributed by atoms with Gasteiger partial charge in [0.05, 0.1) is 0 Å². The van der Waals surface area contributed by atoms with Gasteiger partial charge in [-0.2, -0.15) is 0 Å². The minimum Gasteiger partial charge on any atom is -0.344 e. The number of carbonyl (C=O) groups is 2. The van der Waals surface area contributed by atoms with E-state index in [0.29, 0.717) is 19.4 Å². The van der Waals surface area contributed by atoms with Crippen LogP contribution in [-0.4, -0.2) is 35.8 Å². The Morgan fingerprint density at radius 3 is 2.56 bits per heavy atom. The highest BCUT2D eigenvalue weighted by Gasteiger charge is 2.27. The largest absolute Gasteiger partial charge is 0.344 e. The van der Waals surface area contributed by atoms with Crippen molar-refractivity contribution in [3.8, 4) is 0 Å². The lowest BCUT2D eigenvalue weighted by Gasteiger charge is -2.23. The second-order valence-corrected chi connectivity index (χ2v) is 5.02. The first-order valence-corrected chi connectivity index (χ1v) is 7.27. The number of nitrogens with one attached hydrogen (secondary N) is 1. The highest BCUT2D eigenvalue weighted by Crippen LogP contribution is 2.09. The summed E-state index contributed by atoms with van der Waals surface area (Å²) in [5.41, 5.74) is 0. The molecule has 1 unspecified atom stereocenters. The lowest BCUT2D eigenvalue weighted by Crippen LogP contribution is -2.44. The molecule has 4 heteroatoms.